The van der Waals surface area contributed by atoms with Crippen LogP contribution in [-0.2, 0) is 9.53 Å². The molecule has 2 fully saturated rings. The highest BCUT2D eigenvalue weighted by Crippen LogP contribution is 2.69. The summed E-state index contributed by atoms with van der Waals surface area (Å²) in [6, 6.07) is 0.896. The Bertz CT molecular complexity index is 1090. The number of aliphatic hydroxyl groups is 4. The topological polar surface area (TPSA) is 165 Å². The number of aromatic hydroxyl groups is 2. The molecule has 0 spiro atoms. The van der Waals surface area contributed by atoms with E-state index in [1.165, 1.54) is 13.0 Å². The van der Waals surface area contributed by atoms with Crippen LogP contribution in [0.4, 0.5) is 0 Å². The maximum atomic E-state index is 12.9. The zero-order valence-electron chi connectivity index (χ0n) is 18.4. The van der Waals surface area contributed by atoms with Crippen LogP contribution in [0.1, 0.15) is 42.6 Å². The molecule has 180 valence electrons. The number of carbonyl (C=O) groups excluding carboxylic acids is 2. The number of carbonyl (C=O) groups is 2. The molecule has 0 amide bonds. The predicted octanol–water partition coefficient (Wildman–Crippen LogP) is 0.976. The SMILES string of the molecule is Cc1c(Cl)c(O)cc(O)c1C(=O)OC1CC2(C)C3C(O)C(C)(CO)CC3(O)C=C(C=O)C12O. The van der Waals surface area contributed by atoms with E-state index < -0.39 is 64.2 Å². The van der Waals surface area contributed by atoms with Crippen LogP contribution in [0.5, 0.6) is 11.5 Å². The van der Waals surface area contributed by atoms with E-state index in [2.05, 4.69) is 0 Å². The van der Waals surface area contributed by atoms with Gasteiger partial charge in [-0.2, -0.15) is 0 Å². The fourth-order valence-electron chi connectivity index (χ4n) is 6.37. The second-order valence-corrected chi connectivity index (χ2v) is 10.5. The summed E-state index contributed by atoms with van der Waals surface area (Å²) in [5.74, 6) is -2.95. The third-order valence-electron chi connectivity index (χ3n) is 8.13. The molecule has 2 saturated carbocycles. The predicted molar refractivity (Wildman–Crippen MR) is 115 cm³/mol. The molecule has 7 unspecified atom stereocenters. The number of fused-ring (bicyclic) bond motifs is 3. The second-order valence-electron chi connectivity index (χ2n) is 10.1. The third kappa shape index (κ3) is 2.86. The lowest BCUT2D eigenvalue weighted by Crippen LogP contribution is -2.76. The molecule has 9 nitrogen and oxygen atoms in total. The normalized spacial score (nSPS) is 41.5. The first-order valence-electron chi connectivity index (χ1n) is 10.5. The Morgan fingerprint density at radius 3 is 2.48 bits per heavy atom. The van der Waals surface area contributed by atoms with Crippen molar-refractivity contribution >= 4 is 23.9 Å². The lowest BCUT2D eigenvalue weighted by molar-refractivity contribution is -0.273. The van der Waals surface area contributed by atoms with Crippen molar-refractivity contribution < 1.29 is 45.0 Å². The van der Waals surface area contributed by atoms with Gasteiger partial charge < -0.3 is 35.4 Å². The summed E-state index contributed by atoms with van der Waals surface area (Å²) in [6.45, 7) is 4.20. The van der Waals surface area contributed by atoms with E-state index in [0.717, 1.165) is 6.07 Å². The summed E-state index contributed by atoms with van der Waals surface area (Å²) in [4.78, 5) is 24.9. The van der Waals surface area contributed by atoms with Gasteiger partial charge in [0, 0.05) is 28.4 Å². The maximum Gasteiger partial charge on any atom is 0.342 e. The zero-order valence-corrected chi connectivity index (χ0v) is 19.1. The van der Waals surface area contributed by atoms with Gasteiger partial charge in [0.1, 0.15) is 35.1 Å². The van der Waals surface area contributed by atoms with E-state index in [1.807, 2.05) is 0 Å². The molecule has 6 N–H and O–H groups in total. The van der Waals surface area contributed by atoms with E-state index in [9.17, 15) is 40.2 Å². The highest BCUT2D eigenvalue weighted by molar-refractivity contribution is 6.33. The van der Waals surface area contributed by atoms with Gasteiger partial charge >= 0.3 is 5.97 Å². The minimum atomic E-state index is -2.02. The minimum absolute atomic E-state index is 0.00239. The molecule has 0 heterocycles. The lowest BCUT2D eigenvalue weighted by atomic mass is 9.43. The van der Waals surface area contributed by atoms with Gasteiger partial charge in [-0.15, -0.1) is 0 Å². The standard InChI is InChI=1S/C23H27ClO9/c1-10-15(12(27)4-13(28)16(10)24)19(30)33-14-6-21(3)17-18(29)20(2,9-26)8-22(17,31)5-11(7-25)23(14,21)32/h4-5,7,14,17-18,26-29,31-32H,6,8-9H2,1-3H3. The van der Waals surface area contributed by atoms with E-state index in [0.29, 0.717) is 6.29 Å². The van der Waals surface area contributed by atoms with Crippen molar-refractivity contribution in [3.63, 3.8) is 0 Å². The molecule has 3 aliphatic carbocycles. The number of hydrogen-bond acceptors (Lipinski definition) is 9. The summed E-state index contributed by atoms with van der Waals surface area (Å²) < 4.78 is 5.49. The van der Waals surface area contributed by atoms with Crippen LogP contribution in [0, 0.1) is 23.7 Å². The lowest BCUT2D eigenvalue weighted by Gasteiger charge is -2.66. The summed E-state index contributed by atoms with van der Waals surface area (Å²) in [5, 5.41) is 63.6. The van der Waals surface area contributed by atoms with Gasteiger partial charge in [-0.1, -0.05) is 25.4 Å². The molecular formula is C23H27ClO9. The smallest absolute Gasteiger partial charge is 0.342 e. The van der Waals surface area contributed by atoms with E-state index in [1.54, 1.807) is 13.8 Å². The Morgan fingerprint density at radius 2 is 1.91 bits per heavy atom. The van der Waals surface area contributed by atoms with Crippen molar-refractivity contribution in [2.75, 3.05) is 6.61 Å². The fraction of sp³-hybridized carbons (Fsp3) is 0.565. The molecule has 0 aromatic heterocycles. The number of hydrogen-bond donors (Lipinski definition) is 6. The molecule has 1 aromatic rings. The van der Waals surface area contributed by atoms with Crippen LogP contribution in [0.15, 0.2) is 17.7 Å². The van der Waals surface area contributed by atoms with Crippen LogP contribution >= 0.6 is 11.6 Å². The number of phenolic OH excluding ortho intramolecular Hbond substituents is 2. The highest BCUT2D eigenvalue weighted by atomic mass is 35.5. The number of ether oxygens (including phenoxy) is 1. The third-order valence-corrected chi connectivity index (χ3v) is 8.61. The Kier molecular flexibility index (Phi) is 5.20. The number of benzene rings is 1. The number of halogens is 1. The van der Waals surface area contributed by atoms with E-state index >= 15 is 0 Å². The Morgan fingerprint density at radius 1 is 1.27 bits per heavy atom. The molecular weight excluding hydrogens is 456 g/mol. The fourth-order valence-corrected chi connectivity index (χ4v) is 6.52. The summed E-state index contributed by atoms with van der Waals surface area (Å²) >= 11 is 5.97. The molecule has 1 aromatic carbocycles. The zero-order chi connectivity index (χ0) is 24.7. The average molecular weight is 483 g/mol. The van der Waals surface area contributed by atoms with Crippen LogP contribution in [0.2, 0.25) is 5.02 Å². The van der Waals surface area contributed by atoms with Gasteiger partial charge in [-0.3, -0.25) is 4.79 Å². The number of aliphatic hydroxyl groups excluding tert-OH is 2. The van der Waals surface area contributed by atoms with Gasteiger partial charge in [0.05, 0.1) is 23.3 Å². The molecule has 10 heteroatoms. The quantitative estimate of drug-likeness (QED) is 0.271. The molecule has 7 atom stereocenters. The summed E-state index contributed by atoms with van der Waals surface area (Å²) in [6.07, 6.45) is -0.876. The minimum Gasteiger partial charge on any atom is -0.507 e. The number of phenols is 2. The highest BCUT2D eigenvalue weighted by Gasteiger charge is 2.78. The Balaban J connectivity index is 1.73. The van der Waals surface area contributed by atoms with Crippen molar-refractivity contribution in [2.24, 2.45) is 16.7 Å². The van der Waals surface area contributed by atoms with Gasteiger partial charge in [0.15, 0.2) is 0 Å². The molecule has 3 aliphatic rings. The first kappa shape index (κ1) is 24.0. The molecule has 0 saturated heterocycles. The first-order valence-corrected chi connectivity index (χ1v) is 10.9. The molecule has 0 radical (unpaired) electrons. The monoisotopic (exact) mass is 482 g/mol. The second kappa shape index (κ2) is 7.16. The molecule has 4 rings (SSSR count). The largest absolute Gasteiger partial charge is 0.507 e. The average Bonchev–Trinajstić information content (AvgIpc) is 2.94. The van der Waals surface area contributed by atoms with E-state index in [4.69, 9.17) is 16.3 Å². The van der Waals surface area contributed by atoms with Gasteiger partial charge in [0.2, 0.25) is 0 Å². The number of rotatable bonds is 4. The summed E-state index contributed by atoms with van der Waals surface area (Å²) in [5.41, 5.74) is -6.41. The van der Waals surface area contributed by atoms with Gasteiger partial charge in [-0.25, -0.2) is 4.79 Å². The van der Waals surface area contributed by atoms with Crippen molar-refractivity contribution in [2.45, 2.75) is 57.0 Å². The van der Waals surface area contributed by atoms with Crippen molar-refractivity contribution in [3.05, 3.63) is 33.9 Å². The van der Waals surface area contributed by atoms with Gasteiger partial charge in [0.25, 0.3) is 0 Å². The maximum absolute atomic E-state index is 12.9. The van der Waals surface area contributed by atoms with Crippen LogP contribution < -0.4 is 0 Å². The number of aldehydes is 1. The van der Waals surface area contributed by atoms with Crippen molar-refractivity contribution in [1.29, 1.82) is 0 Å². The van der Waals surface area contributed by atoms with Crippen LogP contribution in [-0.4, -0.2) is 72.9 Å². The first-order chi connectivity index (χ1) is 15.2. The Hall–Kier alpha value is -2.17. The van der Waals surface area contributed by atoms with Crippen LogP contribution in [0.3, 0.4) is 0 Å². The number of esters is 1. The molecule has 0 bridgehead atoms. The van der Waals surface area contributed by atoms with Crippen LogP contribution in [0.25, 0.3) is 0 Å². The van der Waals surface area contributed by atoms with E-state index in [-0.39, 0.29) is 34.6 Å². The summed E-state index contributed by atoms with van der Waals surface area (Å²) in [7, 11) is 0. The Labute approximate surface area is 194 Å². The van der Waals surface area contributed by atoms with Crippen molar-refractivity contribution in [3.8, 4) is 11.5 Å². The van der Waals surface area contributed by atoms with Crippen molar-refractivity contribution in [1.82, 2.24) is 0 Å². The molecule has 33 heavy (non-hydrogen) atoms. The molecule has 0 aliphatic heterocycles. The van der Waals surface area contributed by atoms with Gasteiger partial charge in [-0.05, 0) is 31.4 Å².